The SMILES string of the molecule is COc1cc(C(C)C)ccc1N(C)c1nnns1. The number of ether oxygens (including phenoxy) is 1. The van der Waals surface area contributed by atoms with Crippen LogP contribution in [0, 0.1) is 0 Å². The first-order chi connectivity index (χ1) is 8.63. The first-order valence-electron chi connectivity index (χ1n) is 5.70. The summed E-state index contributed by atoms with van der Waals surface area (Å²) in [7, 11) is 3.60. The van der Waals surface area contributed by atoms with Gasteiger partial charge >= 0.3 is 0 Å². The molecule has 0 aliphatic carbocycles. The highest BCUT2D eigenvalue weighted by atomic mass is 32.1. The Bertz CT molecular complexity index is 513. The van der Waals surface area contributed by atoms with E-state index in [9.17, 15) is 0 Å². The van der Waals surface area contributed by atoms with Gasteiger partial charge in [0.05, 0.1) is 12.8 Å². The lowest BCUT2D eigenvalue weighted by Gasteiger charge is -2.19. The Morgan fingerprint density at radius 3 is 2.67 bits per heavy atom. The van der Waals surface area contributed by atoms with E-state index >= 15 is 0 Å². The smallest absolute Gasteiger partial charge is 0.232 e. The van der Waals surface area contributed by atoms with Crippen molar-refractivity contribution in [3.8, 4) is 5.75 Å². The van der Waals surface area contributed by atoms with Gasteiger partial charge in [-0.3, -0.25) is 0 Å². The van der Waals surface area contributed by atoms with Crippen LogP contribution in [0.4, 0.5) is 10.8 Å². The monoisotopic (exact) mass is 264 g/mol. The second kappa shape index (κ2) is 5.30. The van der Waals surface area contributed by atoms with Crippen molar-refractivity contribution in [1.82, 2.24) is 14.8 Å². The molecule has 2 aromatic rings. The van der Waals surface area contributed by atoms with Crippen LogP contribution in [0.1, 0.15) is 25.3 Å². The molecule has 2 rings (SSSR count). The predicted molar refractivity (Wildman–Crippen MR) is 72.9 cm³/mol. The van der Waals surface area contributed by atoms with E-state index in [0.717, 1.165) is 16.6 Å². The van der Waals surface area contributed by atoms with E-state index in [1.807, 2.05) is 18.0 Å². The molecule has 0 aliphatic rings. The minimum Gasteiger partial charge on any atom is -0.495 e. The summed E-state index contributed by atoms with van der Waals surface area (Å²) in [6.07, 6.45) is 0. The Balaban J connectivity index is 2.38. The molecule has 0 saturated carbocycles. The van der Waals surface area contributed by atoms with Crippen LogP contribution >= 0.6 is 11.5 Å². The Labute approximate surface area is 111 Å². The number of hydrogen-bond acceptors (Lipinski definition) is 6. The Hall–Kier alpha value is -1.69. The molecule has 1 heterocycles. The molecule has 96 valence electrons. The van der Waals surface area contributed by atoms with Crippen LogP contribution in [-0.2, 0) is 0 Å². The van der Waals surface area contributed by atoms with Crippen molar-refractivity contribution >= 4 is 22.4 Å². The van der Waals surface area contributed by atoms with Crippen molar-refractivity contribution < 1.29 is 4.74 Å². The van der Waals surface area contributed by atoms with Gasteiger partial charge in [0.2, 0.25) is 5.13 Å². The van der Waals surface area contributed by atoms with Crippen molar-refractivity contribution in [2.45, 2.75) is 19.8 Å². The average molecular weight is 264 g/mol. The third-order valence-corrected chi connectivity index (χ3v) is 3.48. The number of anilines is 2. The summed E-state index contributed by atoms with van der Waals surface area (Å²) >= 11 is 1.25. The normalized spacial score (nSPS) is 10.7. The van der Waals surface area contributed by atoms with Crippen LogP contribution in [-0.4, -0.2) is 29.0 Å². The fourth-order valence-corrected chi connectivity index (χ4v) is 2.13. The van der Waals surface area contributed by atoms with E-state index in [4.69, 9.17) is 4.74 Å². The van der Waals surface area contributed by atoms with E-state index < -0.39 is 0 Å². The van der Waals surface area contributed by atoms with Crippen LogP contribution in [0.5, 0.6) is 5.75 Å². The minimum atomic E-state index is 0.474. The van der Waals surface area contributed by atoms with Crippen LogP contribution in [0.15, 0.2) is 18.2 Å². The van der Waals surface area contributed by atoms with Gasteiger partial charge in [0.15, 0.2) is 0 Å². The Kier molecular flexibility index (Phi) is 3.76. The molecule has 6 heteroatoms. The average Bonchev–Trinajstić information content (AvgIpc) is 2.90. The van der Waals surface area contributed by atoms with E-state index in [2.05, 4.69) is 40.8 Å². The molecule has 5 nitrogen and oxygen atoms in total. The lowest BCUT2D eigenvalue weighted by Crippen LogP contribution is -2.10. The first-order valence-corrected chi connectivity index (χ1v) is 6.47. The molecule has 0 unspecified atom stereocenters. The molecule has 1 aromatic heterocycles. The molecule has 0 N–H and O–H groups in total. The van der Waals surface area contributed by atoms with Gasteiger partial charge in [0.1, 0.15) is 5.75 Å². The number of methoxy groups -OCH3 is 1. The fourth-order valence-electron chi connectivity index (χ4n) is 1.69. The summed E-state index contributed by atoms with van der Waals surface area (Å²) in [6.45, 7) is 4.32. The maximum absolute atomic E-state index is 5.45. The minimum absolute atomic E-state index is 0.474. The highest BCUT2D eigenvalue weighted by molar-refractivity contribution is 7.09. The van der Waals surface area contributed by atoms with E-state index in [-0.39, 0.29) is 0 Å². The third-order valence-electron chi connectivity index (χ3n) is 2.81. The van der Waals surface area contributed by atoms with Crippen LogP contribution in [0.3, 0.4) is 0 Å². The zero-order valence-electron chi connectivity index (χ0n) is 10.9. The van der Waals surface area contributed by atoms with Gasteiger partial charge in [-0.15, -0.1) is 0 Å². The van der Waals surface area contributed by atoms with Crippen LogP contribution in [0.25, 0.3) is 0 Å². The Morgan fingerprint density at radius 1 is 1.33 bits per heavy atom. The van der Waals surface area contributed by atoms with Gasteiger partial charge in [-0.05, 0) is 28.8 Å². The topological polar surface area (TPSA) is 51.1 Å². The van der Waals surface area contributed by atoms with Crippen LogP contribution in [0.2, 0.25) is 0 Å². The zero-order valence-corrected chi connectivity index (χ0v) is 11.7. The molecular formula is C12H16N4OS. The van der Waals surface area contributed by atoms with E-state index in [0.29, 0.717) is 5.92 Å². The summed E-state index contributed by atoms with van der Waals surface area (Å²) < 4.78 is 9.22. The zero-order chi connectivity index (χ0) is 13.1. The van der Waals surface area contributed by atoms with Gasteiger partial charge in [-0.2, -0.15) is 0 Å². The van der Waals surface area contributed by atoms with Crippen molar-refractivity contribution in [3.05, 3.63) is 23.8 Å². The predicted octanol–water partition coefficient (Wildman–Crippen LogP) is 2.83. The first kappa shape index (κ1) is 12.8. The molecule has 0 bridgehead atoms. The maximum Gasteiger partial charge on any atom is 0.232 e. The number of nitrogens with zero attached hydrogens (tertiary/aromatic N) is 4. The summed E-state index contributed by atoms with van der Waals surface area (Å²) in [5.74, 6) is 1.31. The van der Waals surface area contributed by atoms with Gasteiger partial charge in [-0.25, -0.2) is 0 Å². The van der Waals surface area contributed by atoms with Crippen molar-refractivity contribution in [1.29, 1.82) is 0 Å². The second-order valence-corrected chi connectivity index (χ2v) is 5.00. The highest BCUT2D eigenvalue weighted by Crippen LogP contribution is 2.34. The molecule has 18 heavy (non-hydrogen) atoms. The van der Waals surface area contributed by atoms with Gasteiger partial charge in [-0.1, -0.05) is 29.5 Å². The largest absolute Gasteiger partial charge is 0.495 e. The fraction of sp³-hybridized carbons (Fsp3) is 0.417. The van der Waals surface area contributed by atoms with Gasteiger partial charge < -0.3 is 9.64 Å². The van der Waals surface area contributed by atoms with Crippen molar-refractivity contribution in [3.63, 3.8) is 0 Å². The lowest BCUT2D eigenvalue weighted by molar-refractivity contribution is 0.415. The molecule has 0 amide bonds. The molecule has 0 fully saturated rings. The highest BCUT2D eigenvalue weighted by Gasteiger charge is 2.14. The van der Waals surface area contributed by atoms with Gasteiger partial charge in [0.25, 0.3) is 0 Å². The summed E-state index contributed by atoms with van der Waals surface area (Å²) in [5.41, 5.74) is 2.21. The number of benzene rings is 1. The van der Waals surface area contributed by atoms with Crippen molar-refractivity contribution in [2.24, 2.45) is 0 Å². The number of hydrogen-bond donors (Lipinski definition) is 0. The molecule has 0 atom stereocenters. The molecular weight excluding hydrogens is 248 g/mol. The molecule has 0 aliphatic heterocycles. The summed E-state index contributed by atoms with van der Waals surface area (Å²) in [4.78, 5) is 1.92. The standard InChI is InChI=1S/C12H16N4OS/c1-8(2)9-5-6-10(11(7-9)17-4)16(3)12-13-14-15-18-12/h5-8H,1-4H3. The summed E-state index contributed by atoms with van der Waals surface area (Å²) in [6, 6.07) is 6.20. The van der Waals surface area contributed by atoms with E-state index in [1.165, 1.54) is 17.1 Å². The molecule has 0 radical (unpaired) electrons. The number of rotatable bonds is 4. The Morgan fingerprint density at radius 2 is 2.11 bits per heavy atom. The number of aromatic nitrogens is 3. The maximum atomic E-state index is 5.45. The van der Waals surface area contributed by atoms with Crippen LogP contribution < -0.4 is 9.64 Å². The van der Waals surface area contributed by atoms with Gasteiger partial charge in [0, 0.05) is 18.6 Å². The molecule has 1 aromatic carbocycles. The quantitative estimate of drug-likeness (QED) is 0.850. The molecule has 0 saturated heterocycles. The second-order valence-electron chi connectivity index (χ2n) is 4.29. The summed E-state index contributed by atoms with van der Waals surface area (Å²) in [5, 5.41) is 8.30. The lowest BCUT2D eigenvalue weighted by atomic mass is 10.0. The third kappa shape index (κ3) is 2.43. The molecule has 0 spiro atoms. The van der Waals surface area contributed by atoms with Crippen molar-refractivity contribution in [2.75, 3.05) is 19.1 Å². The van der Waals surface area contributed by atoms with E-state index in [1.54, 1.807) is 7.11 Å².